The Morgan fingerprint density at radius 3 is 2.33 bits per heavy atom. The fraction of sp³-hybridized carbons (Fsp3) is 0.818. The summed E-state index contributed by atoms with van der Waals surface area (Å²) in [5, 5.41) is 9.44. The number of hydrogen-bond donors (Lipinski definition) is 1. The van der Waals surface area contributed by atoms with Gasteiger partial charge in [-0.2, -0.15) is 0 Å². The van der Waals surface area contributed by atoms with Crippen molar-refractivity contribution in [3.8, 4) is 0 Å². The van der Waals surface area contributed by atoms with Gasteiger partial charge in [-0.25, -0.2) is 0 Å². The number of aliphatic hydroxyl groups excluding tert-OH is 1. The van der Waals surface area contributed by atoms with Gasteiger partial charge in [0.05, 0.1) is 6.10 Å². The lowest BCUT2D eigenvalue weighted by atomic mass is 10.1. The molecule has 1 N–H and O–H groups in total. The summed E-state index contributed by atoms with van der Waals surface area (Å²) in [7, 11) is 0. The molecular weight excluding hydrogens is 148 g/mol. The van der Waals surface area contributed by atoms with Crippen molar-refractivity contribution in [3.63, 3.8) is 0 Å². The van der Waals surface area contributed by atoms with E-state index in [1.807, 2.05) is 6.08 Å². The quantitative estimate of drug-likeness (QED) is 0.479. The average Bonchev–Trinajstić information content (AvgIpc) is 2.01. The van der Waals surface area contributed by atoms with Crippen LogP contribution in [0.5, 0.6) is 0 Å². The summed E-state index contributed by atoms with van der Waals surface area (Å²) in [4.78, 5) is 0. The second-order valence-corrected chi connectivity index (χ2v) is 3.69. The number of unbranched alkanes of at least 4 members (excludes halogenated alkanes) is 2. The predicted octanol–water partition coefficient (Wildman–Crippen LogP) is 3.14. The fourth-order valence-corrected chi connectivity index (χ4v) is 1.05. The standard InChI is InChI=1S/C11H22O/c1-4-5-6-7-11(12)9-8-10(2)3/h8-12H,4-7H2,1-3H3. The van der Waals surface area contributed by atoms with Crippen LogP contribution >= 0.6 is 0 Å². The first-order chi connectivity index (χ1) is 5.66. The second kappa shape index (κ2) is 7.35. The summed E-state index contributed by atoms with van der Waals surface area (Å²) in [6.45, 7) is 6.42. The van der Waals surface area contributed by atoms with Gasteiger partial charge < -0.3 is 5.11 Å². The molecular formula is C11H22O. The topological polar surface area (TPSA) is 20.2 Å². The van der Waals surface area contributed by atoms with E-state index in [1.165, 1.54) is 12.8 Å². The first-order valence-corrected chi connectivity index (χ1v) is 5.03. The predicted molar refractivity (Wildman–Crippen MR) is 54.1 cm³/mol. The van der Waals surface area contributed by atoms with Crippen LogP contribution in [0.25, 0.3) is 0 Å². The van der Waals surface area contributed by atoms with Crippen LogP contribution in [0.15, 0.2) is 12.2 Å². The van der Waals surface area contributed by atoms with Crippen molar-refractivity contribution < 1.29 is 5.11 Å². The summed E-state index contributed by atoms with van der Waals surface area (Å²) in [5.41, 5.74) is 0. The Labute approximate surface area is 76.5 Å². The van der Waals surface area contributed by atoms with Crippen molar-refractivity contribution in [1.82, 2.24) is 0 Å². The third-order valence-corrected chi connectivity index (χ3v) is 1.82. The number of rotatable bonds is 6. The number of hydrogen-bond acceptors (Lipinski definition) is 1. The minimum absolute atomic E-state index is 0.223. The van der Waals surface area contributed by atoms with Gasteiger partial charge in [0.2, 0.25) is 0 Å². The first-order valence-electron chi connectivity index (χ1n) is 5.03. The molecule has 1 heteroatoms. The van der Waals surface area contributed by atoms with E-state index in [0.717, 1.165) is 12.8 Å². The zero-order valence-corrected chi connectivity index (χ0v) is 8.59. The van der Waals surface area contributed by atoms with Crippen molar-refractivity contribution in [3.05, 3.63) is 12.2 Å². The molecule has 12 heavy (non-hydrogen) atoms. The highest BCUT2D eigenvalue weighted by Crippen LogP contribution is 2.05. The maximum Gasteiger partial charge on any atom is 0.0721 e. The summed E-state index contributed by atoms with van der Waals surface area (Å²) in [6, 6.07) is 0. The van der Waals surface area contributed by atoms with E-state index in [2.05, 4.69) is 26.8 Å². The summed E-state index contributed by atoms with van der Waals surface area (Å²) in [5.74, 6) is 0.547. The molecule has 0 aromatic heterocycles. The van der Waals surface area contributed by atoms with Crippen molar-refractivity contribution in [2.24, 2.45) is 5.92 Å². The van der Waals surface area contributed by atoms with E-state index >= 15 is 0 Å². The molecule has 0 aromatic carbocycles. The molecule has 72 valence electrons. The summed E-state index contributed by atoms with van der Waals surface area (Å²) >= 11 is 0. The van der Waals surface area contributed by atoms with Crippen molar-refractivity contribution >= 4 is 0 Å². The van der Waals surface area contributed by atoms with Crippen LogP contribution in [0.3, 0.4) is 0 Å². The van der Waals surface area contributed by atoms with Crippen molar-refractivity contribution in [1.29, 1.82) is 0 Å². The molecule has 0 aromatic rings. The molecule has 1 atom stereocenters. The van der Waals surface area contributed by atoms with E-state index in [4.69, 9.17) is 0 Å². The van der Waals surface area contributed by atoms with Crippen LogP contribution in [0.1, 0.15) is 46.5 Å². The van der Waals surface area contributed by atoms with Gasteiger partial charge in [0.1, 0.15) is 0 Å². The average molecular weight is 170 g/mol. The van der Waals surface area contributed by atoms with Crippen LogP contribution in [0.2, 0.25) is 0 Å². The zero-order chi connectivity index (χ0) is 9.40. The van der Waals surface area contributed by atoms with E-state index < -0.39 is 0 Å². The molecule has 0 aliphatic heterocycles. The molecule has 0 spiro atoms. The lowest BCUT2D eigenvalue weighted by molar-refractivity contribution is 0.207. The van der Waals surface area contributed by atoms with Gasteiger partial charge in [-0.3, -0.25) is 0 Å². The Hall–Kier alpha value is -0.300. The van der Waals surface area contributed by atoms with Crippen LogP contribution in [0, 0.1) is 5.92 Å². The van der Waals surface area contributed by atoms with Crippen LogP contribution < -0.4 is 0 Å². The number of aliphatic hydroxyl groups is 1. The third-order valence-electron chi connectivity index (χ3n) is 1.82. The van der Waals surface area contributed by atoms with E-state index in [-0.39, 0.29) is 6.10 Å². The Morgan fingerprint density at radius 1 is 1.17 bits per heavy atom. The van der Waals surface area contributed by atoms with Gasteiger partial charge in [0, 0.05) is 0 Å². The first kappa shape index (κ1) is 11.7. The monoisotopic (exact) mass is 170 g/mol. The van der Waals surface area contributed by atoms with E-state index in [9.17, 15) is 5.11 Å². The van der Waals surface area contributed by atoms with Crippen LogP contribution in [0.4, 0.5) is 0 Å². The SMILES string of the molecule is CCCCCC(O)C=CC(C)C. The molecule has 0 radical (unpaired) electrons. The highest BCUT2D eigenvalue weighted by Gasteiger charge is 1.97. The maximum atomic E-state index is 9.44. The Kier molecular flexibility index (Phi) is 7.17. The second-order valence-electron chi connectivity index (χ2n) is 3.69. The molecule has 0 aliphatic carbocycles. The minimum atomic E-state index is -0.223. The summed E-state index contributed by atoms with van der Waals surface area (Å²) in [6.07, 6.45) is 8.26. The molecule has 0 saturated carbocycles. The van der Waals surface area contributed by atoms with E-state index in [0.29, 0.717) is 5.92 Å². The van der Waals surface area contributed by atoms with Crippen LogP contribution in [-0.4, -0.2) is 11.2 Å². The molecule has 1 unspecified atom stereocenters. The zero-order valence-electron chi connectivity index (χ0n) is 8.59. The molecule has 0 aliphatic rings. The van der Waals surface area contributed by atoms with Gasteiger partial charge >= 0.3 is 0 Å². The normalized spacial score (nSPS) is 14.4. The molecule has 1 nitrogen and oxygen atoms in total. The van der Waals surface area contributed by atoms with E-state index in [1.54, 1.807) is 0 Å². The lowest BCUT2D eigenvalue weighted by Crippen LogP contribution is -2.01. The van der Waals surface area contributed by atoms with Crippen molar-refractivity contribution in [2.75, 3.05) is 0 Å². The summed E-state index contributed by atoms with van der Waals surface area (Å²) < 4.78 is 0. The highest BCUT2D eigenvalue weighted by molar-refractivity contribution is 4.90. The fourth-order valence-electron chi connectivity index (χ4n) is 1.05. The molecule has 0 rings (SSSR count). The smallest absolute Gasteiger partial charge is 0.0721 e. The molecule has 0 saturated heterocycles. The third kappa shape index (κ3) is 7.80. The van der Waals surface area contributed by atoms with Gasteiger partial charge in [-0.05, 0) is 12.3 Å². The van der Waals surface area contributed by atoms with Gasteiger partial charge in [-0.15, -0.1) is 0 Å². The molecule has 0 amide bonds. The van der Waals surface area contributed by atoms with Crippen LogP contribution in [-0.2, 0) is 0 Å². The van der Waals surface area contributed by atoms with Crippen molar-refractivity contribution in [2.45, 2.75) is 52.6 Å². The van der Waals surface area contributed by atoms with Gasteiger partial charge in [0.25, 0.3) is 0 Å². The lowest BCUT2D eigenvalue weighted by Gasteiger charge is -2.04. The number of allylic oxidation sites excluding steroid dienone is 1. The highest BCUT2D eigenvalue weighted by atomic mass is 16.3. The molecule has 0 heterocycles. The van der Waals surface area contributed by atoms with Gasteiger partial charge in [-0.1, -0.05) is 52.2 Å². The Bertz CT molecular complexity index is 116. The largest absolute Gasteiger partial charge is 0.389 e. The minimum Gasteiger partial charge on any atom is -0.389 e. The molecule has 0 fully saturated rings. The Morgan fingerprint density at radius 2 is 1.83 bits per heavy atom. The molecule has 0 bridgehead atoms. The maximum absolute atomic E-state index is 9.44. The Balaban J connectivity index is 3.38. The van der Waals surface area contributed by atoms with Gasteiger partial charge in [0.15, 0.2) is 0 Å².